The average Bonchev–Trinajstić information content (AvgIpc) is 4.10. The number of nitrogens with zero attached hydrogens (tertiary/aromatic N) is 2. The molecule has 0 radical (unpaired) electrons. The number of alkyl halides is 4. The number of para-hydroxylation sites is 2. The van der Waals surface area contributed by atoms with Crippen LogP contribution < -0.4 is 9.80 Å². The van der Waals surface area contributed by atoms with Gasteiger partial charge in [0.1, 0.15) is 6.67 Å². The number of benzene rings is 10. The number of hydrogen-bond acceptors (Lipinski definition) is 3. The van der Waals surface area contributed by atoms with Gasteiger partial charge in [-0.05, 0) is 134 Å². The Balaban J connectivity index is 1.02. The smallest absolute Gasteiger partial charge is 0.310 e. The van der Waals surface area contributed by atoms with Crippen LogP contribution in [0.3, 0.4) is 0 Å². The summed E-state index contributed by atoms with van der Waals surface area (Å²) in [7, 11) is 0. The zero-order chi connectivity index (χ0) is 51.4. The Labute approximate surface area is 438 Å². The first-order chi connectivity index (χ1) is 36.3. The van der Waals surface area contributed by atoms with Crippen LogP contribution >= 0.6 is 11.3 Å². The van der Waals surface area contributed by atoms with Crippen molar-refractivity contribution in [3.63, 3.8) is 0 Å². The topological polar surface area (TPSA) is 6.48 Å². The molecule has 0 fully saturated rings. The maximum atomic E-state index is 14.2. The molecule has 0 saturated heterocycles. The van der Waals surface area contributed by atoms with E-state index in [1.54, 1.807) is 12.1 Å². The first-order valence-corrected chi connectivity index (χ1v) is 26.2. The van der Waals surface area contributed by atoms with Gasteiger partial charge in [0.25, 0.3) is 0 Å². The number of anilines is 6. The molecular weight excluding hydrogens is 953 g/mol. The molecule has 0 unspecified atom stereocenters. The molecule has 0 amide bonds. The Morgan fingerprint density at radius 1 is 0.427 bits per heavy atom. The minimum Gasteiger partial charge on any atom is -0.310 e. The summed E-state index contributed by atoms with van der Waals surface area (Å²) >= 11 is 1.82. The van der Waals surface area contributed by atoms with Crippen molar-refractivity contribution in [1.29, 1.82) is 0 Å². The van der Waals surface area contributed by atoms with E-state index in [0.29, 0.717) is 11.3 Å². The van der Waals surface area contributed by atoms with Crippen molar-refractivity contribution >= 4 is 65.6 Å². The van der Waals surface area contributed by atoms with Crippen molar-refractivity contribution in [3.05, 3.63) is 252 Å². The summed E-state index contributed by atoms with van der Waals surface area (Å²) in [6.45, 7) is 8.74. The normalized spacial score (nSPS) is 13.9. The van der Waals surface area contributed by atoms with Crippen LogP contribution in [0.2, 0.25) is 0 Å². The van der Waals surface area contributed by atoms with Crippen molar-refractivity contribution < 1.29 is 17.6 Å². The largest absolute Gasteiger partial charge is 0.416 e. The van der Waals surface area contributed by atoms with Gasteiger partial charge < -0.3 is 9.80 Å². The summed E-state index contributed by atoms with van der Waals surface area (Å²) in [5.41, 5.74) is 18.3. The zero-order valence-corrected chi connectivity index (χ0v) is 42.6. The van der Waals surface area contributed by atoms with Crippen LogP contribution in [0.15, 0.2) is 218 Å². The lowest BCUT2D eigenvalue weighted by atomic mass is 9.79. The highest BCUT2D eigenvalue weighted by Gasteiger charge is 2.42. The highest BCUT2D eigenvalue weighted by atomic mass is 32.1. The molecule has 2 aliphatic carbocycles. The number of hydrogen-bond donors (Lipinski definition) is 0. The molecule has 0 N–H and O–H groups in total. The fourth-order valence-electron chi connectivity index (χ4n) is 12.2. The second-order valence-electron chi connectivity index (χ2n) is 20.8. The van der Waals surface area contributed by atoms with Gasteiger partial charge in [-0.3, -0.25) is 0 Å². The minimum absolute atomic E-state index is 0.375. The van der Waals surface area contributed by atoms with E-state index in [2.05, 4.69) is 165 Å². The molecule has 0 aliphatic heterocycles. The van der Waals surface area contributed by atoms with E-state index >= 15 is 0 Å². The second kappa shape index (κ2) is 17.4. The molecule has 2 aliphatic rings. The SMILES string of the molecule is CC1(C)c2cc(N(c3ccc(C(F)(F)F)cc3)c3ccccc3-c3ccccc3)ccc2-c2cc3c(cc21)sc1cc(N(c2ccc(CF)cc2)c2ccccc2-c2ccccc2)c2c(c13)C(C)(C)c1ccccc1-2. The van der Waals surface area contributed by atoms with Crippen molar-refractivity contribution in [1.82, 2.24) is 0 Å². The quantitative estimate of drug-likeness (QED) is 0.133. The van der Waals surface area contributed by atoms with Crippen molar-refractivity contribution in [3.8, 4) is 44.5 Å². The van der Waals surface area contributed by atoms with Crippen LogP contribution in [0.1, 0.15) is 61.1 Å². The van der Waals surface area contributed by atoms with Gasteiger partial charge in [0.05, 0.1) is 22.6 Å². The van der Waals surface area contributed by atoms with Gasteiger partial charge in [-0.25, -0.2) is 4.39 Å². The molecular formula is C68H50F4N2S. The highest BCUT2D eigenvalue weighted by Crippen LogP contribution is 2.61. The van der Waals surface area contributed by atoms with Gasteiger partial charge in [0, 0.05) is 64.8 Å². The maximum Gasteiger partial charge on any atom is 0.416 e. The first-order valence-electron chi connectivity index (χ1n) is 25.4. The van der Waals surface area contributed by atoms with E-state index in [9.17, 15) is 17.6 Å². The fraction of sp³-hybridized carbons (Fsp3) is 0.118. The van der Waals surface area contributed by atoms with Gasteiger partial charge in [-0.15, -0.1) is 11.3 Å². The molecule has 10 aromatic carbocycles. The van der Waals surface area contributed by atoms with Crippen LogP contribution in [0.25, 0.3) is 64.7 Å². The summed E-state index contributed by atoms with van der Waals surface area (Å²) in [6, 6.07) is 73.2. The predicted molar refractivity (Wildman–Crippen MR) is 305 cm³/mol. The van der Waals surface area contributed by atoms with Gasteiger partial charge >= 0.3 is 6.18 Å². The lowest BCUT2D eigenvalue weighted by Crippen LogP contribution is -2.17. The lowest BCUT2D eigenvalue weighted by Gasteiger charge is -2.31. The fourth-order valence-corrected chi connectivity index (χ4v) is 13.3. The third kappa shape index (κ3) is 7.42. The standard InChI is InChI=1S/C68H50F4N2S/c1-66(2)56-37-48(73(46-33-29-45(30-34-46)68(70,71)72)58-25-15-12-21-49(58)43-17-7-5-8-18-43)35-36-51(56)53-38-54-61(39-57(53)66)75-62-40-60(63-52-23-11-14-24-55(52)67(3,4)65(63)64(54)62)74(47-31-27-42(41-69)28-32-47)59-26-16-13-22-50(59)44-19-9-6-10-20-44/h5-40H,41H2,1-4H3. The van der Waals surface area contributed by atoms with Gasteiger partial charge in [0.2, 0.25) is 0 Å². The molecule has 0 atom stereocenters. The maximum absolute atomic E-state index is 14.2. The van der Waals surface area contributed by atoms with Crippen LogP contribution in [0.5, 0.6) is 0 Å². The van der Waals surface area contributed by atoms with Crippen LogP contribution in [0, 0.1) is 0 Å². The van der Waals surface area contributed by atoms with E-state index in [-0.39, 0.29) is 5.41 Å². The van der Waals surface area contributed by atoms with Crippen molar-refractivity contribution in [2.75, 3.05) is 9.80 Å². The van der Waals surface area contributed by atoms with Gasteiger partial charge in [-0.1, -0.05) is 167 Å². The number of halogens is 4. The molecule has 13 rings (SSSR count). The molecule has 75 heavy (non-hydrogen) atoms. The van der Waals surface area contributed by atoms with Crippen LogP contribution in [0.4, 0.5) is 51.7 Å². The van der Waals surface area contributed by atoms with Crippen molar-refractivity contribution in [2.24, 2.45) is 0 Å². The third-order valence-corrected chi connectivity index (χ3v) is 16.9. The van der Waals surface area contributed by atoms with Gasteiger partial charge in [-0.2, -0.15) is 13.2 Å². The van der Waals surface area contributed by atoms with E-state index < -0.39 is 23.8 Å². The molecule has 11 aromatic rings. The second-order valence-corrected chi connectivity index (χ2v) is 21.9. The summed E-state index contributed by atoms with van der Waals surface area (Å²) in [6.07, 6.45) is -4.46. The first kappa shape index (κ1) is 46.5. The number of rotatable bonds is 9. The summed E-state index contributed by atoms with van der Waals surface area (Å²) < 4.78 is 58.5. The Hall–Kier alpha value is -8.26. The summed E-state index contributed by atoms with van der Waals surface area (Å²) in [5, 5.41) is 2.45. The Bertz CT molecular complexity index is 4020. The predicted octanol–water partition coefficient (Wildman–Crippen LogP) is 20.4. The molecule has 2 nitrogen and oxygen atoms in total. The summed E-state index contributed by atoms with van der Waals surface area (Å²) in [4.78, 5) is 4.47. The number of fused-ring (bicyclic) bond motifs is 10. The van der Waals surface area contributed by atoms with Gasteiger partial charge in [0.15, 0.2) is 0 Å². The minimum atomic E-state index is -4.46. The highest BCUT2D eigenvalue weighted by molar-refractivity contribution is 7.26. The van der Waals surface area contributed by atoms with E-state index in [1.807, 2.05) is 78.1 Å². The van der Waals surface area contributed by atoms with Crippen molar-refractivity contribution in [2.45, 2.75) is 51.4 Å². The Morgan fingerprint density at radius 3 is 1.59 bits per heavy atom. The van der Waals surface area contributed by atoms with Crippen LogP contribution in [-0.4, -0.2) is 0 Å². The Morgan fingerprint density at radius 2 is 0.960 bits per heavy atom. The van der Waals surface area contributed by atoms with E-state index in [1.165, 1.54) is 65.7 Å². The monoisotopic (exact) mass is 1000 g/mol. The Kier molecular flexibility index (Phi) is 10.8. The lowest BCUT2D eigenvalue weighted by molar-refractivity contribution is -0.137. The molecule has 0 bridgehead atoms. The number of thiophene rings is 1. The molecule has 366 valence electrons. The summed E-state index contributed by atoms with van der Waals surface area (Å²) in [5.74, 6) is 0. The third-order valence-electron chi connectivity index (χ3n) is 15.8. The molecule has 0 saturated carbocycles. The molecule has 0 spiro atoms. The average molecular weight is 1000 g/mol. The zero-order valence-electron chi connectivity index (χ0n) is 41.8. The van der Waals surface area contributed by atoms with E-state index in [4.69, 9.17) is 0 Å². The molecule has 7 heteroatoms. The van der Waals surface area contributed by atoms with E-state index in [0.717, 1.165) is 61.8 Å². The van der Waals surface area contributed by atoms with Crippen LogP contribution in [-0.2, 0) is 23.7 Å². The molecule has 1 heterocycles. The molecule has 1 aromatic heterocycles.